The number of aromatic nitrogens is 2. The number of carbonyl (C=O) groups excluding carboxylic acids is 1. The zero-order valence-electron chi connectivity index (χ0n) is 12.3. The maximum Gasteiger partial charge on any atom is 0.261 e. The number of fused-ring (bicyclic) bond motifs is 1. The van der Waals surface area contributed by atoms with Gasteiger partial charge in [0.05, 0.1) is 10.9 Å². The minimum Gasteiger partial charge on any atom is -0.347 e. The molecule has 2 N–H and O–H groups in total. The second-order valence-corrected chi connectivity index (χ2v) is 6.78. The molecule has 2 aromatic heterocycles. The number of H-pyrrole nitrogens is 1. The second-order valence-electron chi connectivity index (χ2n) is 5.64. The van der Waals surface area contributed by atoms with Crippen molar-refractivity contribution in [3.63, 3.8) is 0 Å². The van der Waals surface area contributed by atoms with Crippen molar-refractivity contribution in [3.8, 4) is 0 Å². The first-order chi connectivity index (χ1) is 10.2. The van der Waals surface area contributed by atoms with Crippen molar-refractivity contribution in [2.75, 3.05) is 0 Å². The normalized spacial score (nSPS) is 16.6. The molecule has 1 aliphatic rings. The Kier molecular flexibility index (Phi) is 4.39. The van der Waals surface area contributed by atoms with E-state index in [1.54, 1.807) is 23.7 Å². The van der Waals surface area contributed by atoms with E-state index < -0.39 is 0 Å². The van der Waals surface area contributed by atoms with Crippen LogP contribution in [0.2, 0.25) is 0 Å². The molecule has 112 valence electrons. The van der Waals surface area contributed by atoms with Crippen molar-refractivity contribution < 1.29 is 4.79 Å². The highest BCUT2D eigenvalue weighted by Crippen LogP contribution is 2.28. The quantitative estimate of drug-likeness (QED) is 0.910. The highest BCUT2D eigenvalue weighted by molar-refractivity contribution is 7.14. The number of thiophene rings is 1. The molecule has 1 atom stereocenters. The maximum absolute atomic E-state index is 12.4. The van der Waals surface area contributed by atoms with Gasteiger partial charge >= 0.3 is 0 Å². The van der Waals surface area contributed by atoms with Crippen molar-refractivity contribution in [3.05, 3.63) is 39.6 Å². The third kappa shape index (κ3) is 3.35. The summed E-state index contributed by atoms with van der Waals surface area (Å²) in [6.45, 7) is 1.94. The van der Waals surface area contributed by atoms with Crippen LogP contribution in [0, 0.1) is 0 Å². The zero-order chi connectivity index (χ0) is 14.7. The van der Waals surface area contributed by atoms with Gasteiger partial charge in [0.25, 0.3) is 5.91 Å². The average molecular weight is 303 g/mol. The van der Waals surface area contributed by atoms with Crippen LogP contribution < -0.4 is 5.32 Å². The molecule has 0 aliphatic heterocycles. The Bertz CT molecular complexity index is 578. The monoisotopic (exact) mass is 303 g/mol. The molecule has 0 radical (unpaired) electrons. The largest absolute Gasteiger partial charge is 0.347 e. The Morgan fingerprint density at radius 2 is 2.14 bits per heavy atom. The molecule has 0 spiro atoms. The molecule has 3 rings (SSSR count). The first-order valence-corrected chi connectivity index (χ1v) is 8.47. The van der Waals surface area contributed by atoms with Crippen LogP contribution in [0.25, 0.3) is 0 Å². The van der Waals surface area contributed by atoms with Gasteiger partial charge in [-0.15, -0.1) is 11.3 Å². The number of hydrogen-bond acceptors (Lipinski definition) is 3. The van der Waals surface area contributed by atoms with Crippen molar-refractivity contribution >= 4 is 17.2 Å². The Labute approximate surface area is 129 Å². The fourth-order valence-corrected chi connectivity index (χ4v) is 3.96. The van der Waals surface area contributed by atoms with E-state index in [9.17, 15) is 4.79 Å². The summed E-state index contributed by atoms with van der Waals surface area (Å²) in [6.07, 6.45) is 10.8. The number of aromatic amines is 1. The highest BCUT2D eigenvalue weighted by Gasteiger charge is 2.18. The van der Waals surface area contributed by atoms with Crippen molar-refractivity contribution in [1.29, 1.82) is 0 Å². The van der Waals surface area contributed by atoms with Gasteiger partial charge in [-0.05, 0) is 44.2 Å². The van der Waals surface area contributed by atoms with Crippen LogP contribution in [0.4, 0.5) is 0 Å². The van der Waals surface area contributed by atoms with Gasteiger partial charge in [0.2, 0.25) is 0 Å². The molecule has 21 heavy (non-hydrogen) atoms. The Morgan fingerprint density at radius 1 is 1.33 bits per heavy atom. The molecule has 1 aliphatic carbocycles. The van der Waals surface area contributed by atoms with E-state index in [2.05, 4.69) is 21.4 Å². The van der Waals surface area contributed by atoms with Crippen LogP contribution >= 0.6 is 11.3 Å². The van der Waals surface area contributed by atoms with Gasteiger partial charge in [-0.25, -0.2) is 4.98 Å². The molecule has 4 nitrogen and oxygen atoms in total. The van der Waals surface area contributed by atoms with Gasteiger partial charge in [-0.3, -0.25) is 4.79 Å². The lowest BCUT2D eigenvalue weighted by Crippen LogP contribution is -2.26. The van der Waals surface area contributed by atoms with E-state index in [1.165, 1.54) is 36.1 Å². The van der Waals surface area contributed by atoms with E-state index in [0.717, 1.165) is 23.5 Å². The second kappa shape index (κ2) is 6.43. The summed E-state index contributed by atoms with van der Waals surface area (Å²) >= 11 is 1.66. The fourth-order valence-electron chi connectivity index (χ4n) is 2.81. The number of imidazole rings is 1. The zero-order valence-corrected chi connectivity index (χ0v) is 13.1. The minimum atomic E-state index is -0.0998. The van der Waals surface area contributed by atoms with Crippen LogP contribution in [-0.2, 0) is 12.8 Å². The number of aryl methyl sites for hydroxylation is 2. The average Bonchev–Trinajstić information content (AvgIpc) is 3.08. The lowest BCUT2D eigenvalue weighted by Gasteiger charge is -2.10. The highest BCUT2D eigenvalue weighted by atomic mass is 32.1. The summed E-state index contributed by atoms with van der Waals surface area (Å²) in [5.41, 5.74) is 1.38. The number of nitrogens with one attached hydrogen (secondary N) is 2. The fraction of sp³-hybridized carbons (Fsp3) is 0.500. The SMILES string of the molecule is CC(NC(=O)c1cc2c(s1)CCCCCC2)c1ncc[nH]1. The Hall–Kier alpha value is -1.62. The summed E-state index contributed by atoms with van der Waals surface area (Å²) in [5.74, 6) is 0.800. The van der Waals surface area contributed by atoms with Crippen LogP contribution in [0.15, 0.2) is 18.5 Å². The molecule has 5 heteroatoms. The smallest absolute Gasteiger partial charge is 0.261 e. The molecule has 0 saturated carbocycles. The topological polar surface area (TPSA) is 57.8 Å². The number of amides is 1. The standard InChI is InChI=1S/C16H21N3OS/c1-11(15-17-8-9-18-15)19-16(20)14-10-12-6-4-2-3-5-7-13(12)21-14/h8-11H,2-7H2,1H3,(H,17,18)(H,19,20). The maximum atomic E-state index is 12.4. The molecular formula is C16H21N3OS. The lowest BCUT2D eigenvalue weighted by atomic mass is 10.00. The molecule has 1 unspecified atom stereocenters. The summed E-state index contributed by atoms with van der Waals surface area (Å²) in [4.78, 5) is 21.9. The molecule has 0 fully saturated rings. The molecule has 2 aromatic rings. The molecule has 2 heterocycles. The van der Waals surface area contributed by atoms with Crippen LogP contribution in [0.5, 0.6) is 0 Å². The predicted molar refractivity (Wildman–Crippen MR) is 84.7 cm³/mol. The Morgan fingerprint density at radius 3 is 2.90 bits per heavy atom. The summed E-state index contributed by atoms with van der Waals surface area (Å²) < 4.78 is 0. The van der Waals surface area contributed by atoms with Gasteiger partial charge < -0.3 is 10.3 Å². The molecule has 0 saturated heterocycles. The van der Waals surface area contributed by atoms with Crippen molar-refractivity contribution in [1.82, 2.24) is 15.3 Å². The lowest BCUT2D eigenvalue weighted by molar-refractivity contribution is 0.0942. The van der Waals surface area contributed by atoms with Gasteiger partial charge in [0.15, 0.2) is 0 Å². The first-order valence-electron chi connectivity index (χ1n) is 7.66. The van der Waals surface area contributed by atoms with Crippen LogP contribution in [-0.4, -0.2) is 15.9 Å². The minimum absolute atomic E-state index is 0.00986. The first kappa shape index (κ1) is 14.3. The molecule has 1 amide bonds. The van der Waals surface area contributed by atoms with Crippen molar-refractivity contribution in [2.24, 2.45) is 0 Å². The third-order valence-corrected chi connectivity index (χ3v) is 5.23. The van der Waals surface area contributed by atoms with Gasteiger partial charge in [0, 0.05) is 17.3 Å². The van der Waals surface area contributed by atoms with E-state index in [1.807, 2.05) is 6.92 Å². The number of carbonyl (C=O) groups is 1. The van der Waals surface area contributed by atoms with E-state index in [-0.39, 0.29) is 11.9 Å². The van der Waals surface area contributed by atoms with Gasteiger partial charge in [0.1, 0.15) is 5.82 Å². The predicted octanol–water partition coefficient (Wildman–Crippen LogP) is 3.62. The van der Waals surface area contributed by atoms with E-state index in [0.29, 0.717) is 0 Å². The molecule has 0 bridgehead atoms. The number of nitrogens with zero attached hydrogens (tertiary/aromatic N) is 1. The number of hydrogen-bond donors (Lipinski definition) is 2. The van der Waals surface area contributed by atoms with Crippen LogP contribution in [0.1, 0.15) is 64.6 Å². The summed E-state index contributed by atoms with van der Waals surface area (Å²) in [5, 5.41) is 3.02. The molecule has 0 aromatic carbocycles. The Balaban J connectivity index is 1.71. The number of rotatable bonds is 3. The third-order valence-electron chi connectivity index (χ3n) is 4.00. The summed E-state index contributed by atoms with van der Waals surface area (Å²) in [6, 6.07) is 1.99. The van der Waals surface area contributed by atoms with Crippen molar-refractivity contribution in [2.45, 2.75) is 51.5 Å². The van der Waals surface area contributed by atoms with E-state index in [4.69, 9.17) is 0 Å². The van der Waals surface area contributed by atoms with E-state index >= 15 is 0 Å². The van der Waals surface area contributed by atoms with Gasteiger partial charge in [-0.2, -0.15) is 0 Å². The molecular weight excluding hydrogens is 282 g/mol. The van der Waals surface area contributed by atoms with Gasteiger partial charge in [-0.1, -0.05) is 12.8 Å². The summed E-state index contributed by atoms with van der Waals surface area (Å²) in [7, 11) is 0. The van der Waals surface area contributed by atoms with Crippen LogP contribution in [0.3, 0.4) is 0 Å².